The monoisotopic (exact) mass is 372 g/mol. The van der Waals surface area contributed by atoms with E-state index in [4.69, 9.17) is 5.73 Å². The van der Waals surface area contributed by atoms with Crippen LogP contribution in [0.5, 0.6) is 0 Å². The molecule has 0 spiro atoms. The minimum absolute atomic E-state index is 0.148. The molecule has 1 aromatic heterocycles. The van der Waals surface area contributed by atoms with Gasteiger partial charge in [0.15, 0.2) is 0 Å². The van der Waals surface area contributed by atoms with Crippen molar-refractivity contribution in [2.75, 3.05) is 11.9 Å². The van der Waals surface area contributed by atoms with Gasteiger partial charge in [0.25, 0.3) is 0 Å². The highest BCUT2D eigenvalue weighted by Crippen LogP contribution is 2.35. The second kappa shape index (κ2) is 8.50. The molecule has 1 saturated heterocycles. The molecule has 2 atom stereocenters. The zero-order valence-electron chi connectivity index (χ0n) is 15.8. The lowest BCUT2D eigenvalue weighted by molar-refractivity contribution is -0.147. The Labute approximate surface area is 159 Å². The number of pyridine rings is 1. The average Bonchev–Trinajstić information content (AvgIpc) is 2.68. The van der Waals surface area contributed by atoms with E-state index in [0.717, 1.165) is 25.7 Å². The summed E-state index contributed by atoms with van der Waals surface area (Å²) < 4.78 is 0. The van der Waals surface area contributed by atoms with Gasteiger partial charge in [-0.05, 0) is 43.6 Å². The Morgan fingerprint density at radius 1 is 1.11 bits per heavy atom. The number of nitrogens with two attached hydrogens (primary N) is 1. The molecule has 0 radical (unpaired) electrons. The molecule has 0 bridgehead atoms. The van der Waals surface area contributed by atoms with Gasteiger partial charge in [-0.3, -0.25) is 19.4 Å². The van der Waals surface area contributed by atoms with E-state index in [0.29, 0.717) is 24.1 Å². The summed E-state index contributed by atoms with van der Waals surface area (Å²) in [5.74, 6) is -0.939. The Bertz CT molecular complexity index is 715. The molecule has 0 aromatic carbocycles. The maximum absolute atomic E-state index is 12.9. The molecule has 1 saturated carbocycles. The smallest absolute Gasteiger partial charge is 0.313 e. The Morgan fingerprint density at radius 2 is 1.85 bits per heavy atom. The first-order valence-electron chi connectivity index (χ1n) is 9.82. The van der Waals surface area contributed by atoms with Crippen molar-refractivity contribution >= 4 is 23.4 Å². The molecule has 1 aromatic rings. The van der Waals surface area contributed by atoms with Crippen LogP contribution in [0.1, 0.15) is 62.2 Å². The summed E-state index contributed by atoms with van der Waals surface area (Å²) in [7, 11) is 0. The number of nitrogens with zero attached hydrogens (tertiary/aromatic N) is 2. The minimum Gasteiger partial charge on any atom is -0.366 e. The number of amides is 3. The first-order valence-corrected chi connectivity index (χ1v) is 9.82. The number of anilines is 1. The normalized spacial score (nSPS) is 23.7. The standard InChI is InChI=1S/C20H28N4O3/c1-13-7-8-17(14-5-3-2-4-6-14)24(12-13)20(27)19(26)23-16-9-15(18(21)25)10-22-11-16/h9-11,13-14,17H,2-8,12H2,1H3,(H2,21,25)(H,23,26)/t13-,17?/m0/s1. The fourth-order valence-electron chi connectivity index (χ4n) is 4.37. The van der Waals surface area contributed by atoms with Crippen LogP contribution in [0.25, 0.3) is 0 Å². The molecule has 1 aliphatic heterocycles. The van der Waals surface area contributed by atoms with E-state index in [1.807, 2.05) is 0 Å². The fraction of sp³-hybridized carbons (Fsp3) is 0.600. The molecule has 1 unspecified atom stereocenters. The van der Waals surface area contributed by atoms with E-state index >= 15 is 0 Å². The van der Waals surface area contributed by atoms with Gasteiger partial charge in [-0.2, -0.15) is 0 Å². The van der Waals surface area contributed by atoms with Crippen LogP contribution in [-0.4, -0.2) is 40.2 Å². The molecule has 7 heteroatoms. The lowest BCUT2D eigenvalue weighted by Gasteiger charge is -2.43. The van der Waals surface area contributed by atoms with E-state index in [1.165, 1.54) is 37.7 Å². The molecule has 2 fully saturated rings. The predicted molar refractivity (Wildman–Crippen MR) is 102 cm³/mol. The molecular formula is C20H28N4O3. The van der Waals surface area contributed by atoms with Gasteiger partial charge in [0.1, 0.15) is 0 Å². The number of primary amides is 1. The van der Waals surface area contributed by atoms with Crippen molar-refractivity contribution in [1.29, 1.82) is 0 Å². The lowest BCUT2D eigenvalue weighted by atomic mass is 9.78. The van der Waals surface area contributed by atoms with Crippen molar-refractivity contribution in [2.24, 2.45) is 17.6 Å². The van der Waals surface area contributed by atoms with E-state index in [9.17, 15) is 14.4 Å². The third-order valence-electron chi connectivity index (χ3n) is 5.79. The van der Waals surface area contributed by atoms with E-state index in [-0.39, 0.29) is 11.6 Å². The number of hydrogen-bond donors (Lipinski definition) is 2. The quantitative estimate of drug-likeness (QED) is 0.794. The van der Waals surface area contributed by atoms with Gasteiger partial charge >= 0.3 is 11.8 Å². The van der Waals surface area contributed by atoms with Crippen LogP contribution in [0.15, 0.2) is 18.5 Å². The zero-order valence-corrected chi connectivity index (χ0v) is 15.8. The number of likely N-dealkylation sites (tertiary alicyclic amines) is 1. The maximum Gasteiger partial charge on any atom is 0.313 e. The summed E-state index contributed by atoms with van der Waals surface area (Å²) in [4.78, 5) is 42.4. The first-order chi connectivity index (χ1) is 13.0. The molecular weight excluding hydrogens is 344 g/mol. The Morgan fingerprint density at radius 3 is 2.56 bits per heavy atom. The Hall–Kier alpha value is -2.44. The fourth-order valence-corrected chi connectivity index (χ4v) is 4.37. The number of piperidine rings is 1. The van der Waals surface area contributed by atoms with Gasteiger partial charge in [-0.15, -0.1) is 0 Å². The Kier molecular flexibility index (Phi) is 6.08. The number of aromatic nitrogens is 1. The zero-order chi connectivity index (χ0) is 19.4. The van der Waals surface area contributed by atoms with Crippen LogP contribution in [0.4, 0.5) is 5.69 Å². The molecule has 3 amide bonds. The number of nitrogens with one attached hydrogen (secondary N) is 1. The third-order valence-corrected chi connectivity index (χ3v) is 5.79. The van der Waals surface area contributed by atoms with Crippen molar-refractivity contribution in [3.05, 3.63) is 24.0 Å². The maximum atomic E-state index is 12.9. The minimum atomic E-state index is -0.687. The molecule has 1 aliphatic carbocycles. The molecule has 27 heavy (non-hydrogen) atoms. The highest BCUT2D eigenvalue weighted by molar-refractivity contribution is 6.39. The highest BCUT2D eigenvalue weighted by Gasteiger charge is 2.37. The van der Waals surface area contributed by atoms with Crippen LogP contribution in [0.3, 0.4) is 0 Å². The molecule has 2 heterocycles. The lowest BCUT2D eigenvalue weighted by Crippen LogP contribution is -2.53. The number of carbonyl (C=O) groups excluding carboxylic acids is 3. The molecule has 2 aliphatic rings. The van der Waals surface area contributed by atoms with E-state index < -0.39 is 17.7 Å². The van der Waals surface area contributed by atoms with Crippen LogP contribution in [-0.2, 0) is 9.59 Å². The summed E-state index contributed by atoms with van der Waals surface area (Å²) in [5.41, 5.74) is 5.72. The van der Waals surface area contributed by atoms with Crippen molar-refractivity contribution in [3.8, 4) is 0 Å². The van der Waals surface area contributed by atoms with E-state index in [2.05, 4.69) is 17.2 Å². The average molecular weight is 372 g/mol. The number of hydrogen-bond acceptors (Lipinski definition) is 4. The third kappa shape index (κ3) is 4.64. The van der Waals surface area contributed by atoms with Gasteiger partial charge < -0.3 is 16.0 Å². The van der Waals surface area contributed by atoms with Crippen LogP contribution in [0.2, 0.25) is 0 Å². The van der Waals surface area contributed by atoms with Gasteiger partial charge in [-0.1, -0.05) is 26.2 Å². The van der Waals surface area contributed by atoms with Crippen LogP contribution in [0, 0.1) is 11.8 Å². The summed E-state index contributed by atoms with van der Waals surface area (Å²) in [6.07, 6.45) is 10.7. The van der Waals surface area contributed by atoms with Gasteiger partial charge in [0, 0.05) is 18.8 Å². The van der Waals surface area contributed by atoms with Crippen LogP contribution < -0.4 is 11.1 Å². The summed E-state index contributed by atoms with van der Waals surface area (Å²) >= 11 is 0. The first kappa shape index (κ1) is 19.3. The molecule has 3 N–H and O–H groups in total. The van der Waals surface area contributed by atoms with Crippen molar-refractivity contribution in [3.63, 3.8) is 0 Å². The van der Waals surface area contributed by atoms with Crippen molar-refractivity contribution < 1.29 is 14.4 Å². The summed E-state index contributed by atoms with van der Waals surface area (Å²) in [5, 5.41) is 2.57. The number of carbonyl (C=O) groups is 3. The predicted octanol–water partition coefficient (Wildman–Crippen LogP) is 2.33. The topological polar surface area (TPSA) is 105 Å². The summed E-state index contributed by atoms with van der Waals surface area (Å²) in [6, 6.07) is 1.58. The molecule has 146 valence electrons. The second-order valence-corrected chi connectivity index (χ2v) is 7.89. The van der Waals surface area contributed by atoms with Gasteiger partial charge in [-0.25, -0.2) is 0 Å². The largest absolute Gasteiger partial charge is 0.366 e. The Balaban J connectivity index is 1.71. The number of rotatable bonds is 3. The van der Waals surface area contributed by atoms with Gasteiger partial charge in [0.2, 0.25) is 5.91 Å². The van der Waals surface area contributed by atoms with Crippen molar-refractivity contribution in [2.45, 2.75) is 57.9 Å². The summed E-state index contributed by atoms with van der Waals surface area (Å²) in [6.45, 7) is 2.74. The highest BCUT2D eigenvalue weighted by atomic mass is 16.2. The molecule has 3 rings (SSSR count). The van der Waals surface area contributed by atoms with Crippen molar-refractivity contribution in [1.82, 2.24) is 9.88 Å². The second-order valence-electron chi connectivity index (χ2n) is 7.89. The van der Waals surface area contributed by atoms with Crippen LogP contribution >= 0.6 is 0 Å². The SMILES string of the molecule is C[C@H]1CCC(C2CCCCC2)N(C(=O)C(=O)Nc2cncc(C(N)=O)c2)C1. The molecule has 7 nitrogen and oxygen atoms in total. The van der Waals surface area contributed by atoms with Gasteiger partial charge in [0.05, 0.1) is 17.4 Å². The van der Waals surface area contributed by atoms with E-state index in [1.54, 1.807) is 4.90 Å².